The molecule has 0 spiro atoms. The van der Waals surface area contributed by atoms with Gasteiger partial charge in [-0.1, -0.05) is 11.8 Å². The van der Waals surface area contributed by atoms with Crippen molar-refractivity contribution in [2.75, 3.05) is 6.61 Å². The number of carbonyl (C=O) groups is 1. The maximum atomic E-state index is 13.3. The second-order valence-electron chi connectivity index (χ2n) is 4.19. The highest BCUT2D eigenvalue weighted by Gasteiger charge is 2.12. The number of aromatic nitrogens is 1. The number of rotatable bonds is 3. The first-order valence-electron chi connectivity index (χ1n) is 6.18. The van der Waals surface area contributed by atoms with Gasteiger partial charge in [-0.15, -0.1) is 11.3 Å². The molecule has 2 N–H and O–H groups in total. The number of nitrogens with one attached hydrogen (secondary N) is 1. The summed E-state index contributed by atoms with van der Waals surface area (Å²) >= 11 is 1.45. The summed E-state index contributed by atoms with van der Waals surface area (Å²) < 4.78 is 13.3. The van der Waals surface area contributed by atoms with Crippen molar-refractivity contribution in [2.24, 2.45) is 0 Å². The molecule has 0 saturated heterocycles. The normalized spacial score (nSPS) is 9.86. The number of aliphatic hydroxyl groups is 1. The van der Waals surface area contributed by atoms with E-state index in [1.54, 1.807) is 5.51 Å². The Morgan fingerprint density at radius 1 is 1.52 bits per heavy atom. The van der Waals surface area contributed by atoms with E-state index in [0.29, 0.717) is 12.1 Å². The molecular formula is C15H13FN2O2S. The van der Waals surface area contributed by atoms with E-state index in [-0.39, 0.29) is 12.2 Å². The van der Waals surface area contributed by atoms with Crippen LogP contribution in [0.15, 0.2) is 23.7 Å². The van der Waals surface area contributed by atoms with Crippen molar-refractivity contribution in [3.8, 4) is 11.8 Å². The van der Waals surface area contributed by atoms with Crippen LogP contribution in [0.5, 0.6) is 0 Å². The fraction of sp³-hybridized carbons (Fsp3) is 0.200. The second-order valence-corrected chi connectivity index (χ2v) is 5.13. The Bertz CT molecular complexity index is 716. The standard InChI is InChI=1S/C15H13FN2O2S/c1-10-14(21-9-18-10)8-17-15(20)13-7-12(16)5-4-11(13)3-2-6-19/h4-5,7,9,19H,6,8H2,1H3,(H,17,20). The van der Waals surface area contributed by atoms with Gasteiger partial charge in [-0.2, -0.15) is 0 Å². The van der Waals surface area contributed by atoms with Gasteiger partial charge in [-0.05, 0) is 25.1 Å². The van der Waals surface area contributed by atoms with Crippen LogP contribution in [0.25, 0.3) is 0 Å². The van der Waals surface area contributed by atoms with Crippen molar-refractivity contribution in [2.45, 2.75) is 13.5 Å². The zero-order chi connectivity index (χ0) is 15.2. The Morgan fingerprint density at radius 3 is 3.00 bits per heavy atom. The monoisotopic (exact) mass is 304 g/mol. The molecule has 1 aromatic carbocycles. The molecule has 6 heteroatoms. The van der Waals surface area contributed by atoms with E-state index in [1.807, 2.05) is 6.92 Å². The molecule has 0 atom stereocenters. The van der Waals surface area contributed by atoms with Crippen LogP contribution in [-0.4, -0.2) is 22.6 Å². The fourth-order valence-corrected chi connectivity index (χ4v) is 2.42. The van der Waals surface area contributed by atoms with Crippen molar-refractivity contribution in [3.05, 3.63) is 51.2 Å². The number of halogens is 1. The first-order chi connectivity index (χ1) is 10.1. The van der Waals surface area contributed by atoms with Crippen molar-refractivity contribution in [1.29, 1.82) is 0 Å². The number of benzene rings is 1. The molecule has 0 bridgehead atoms. The van der Waals surface area contributed by atoms with Crippen LogP contribution in [0.1, 0.15) is 26.5 Å². The highest BCUT2D eigenvalue weighted by atomic mass is 32.1. The molecule has 2 rings (SSSR count). The SMILES string of the molecule is Cc1ncsc1CNC(=O)c1cc(F)ccc1C#CCO. The van der Waals surface area contributed by atoms with Crippen LogP contribution in [-0.2, 0) is 6.54 Å². The Labute approximate surface area is 125 Å². The molecule has 1 aromatic heterocycles. The summed E-state index contributed by atoms with van der Waals surface area (Å²) in [5.41, 5.74) is 3.10. The molecular weight excluding hydrogens is 291 g/mol. The van der Waals surface area contributed by atoms with E-state index >= 15 is 0 Å². The minimum absolute atomic E-state index is 0.151. The lowest BCUT2D eigenvalue weighted by Crippen LogP contribution is -2.23. The molecule has 1 amide bonds. The number of hydrogen-bond donors (Lipinski definition) is 2. The summed E-state index contributed by atoms with van der Waals surface area (Å²) in [4.78, 5) is 17.2. The number of amides is 1. The van der Waals surface area contributed by atoms with Gasteiger partial charge in [-0.3, -0.25) is 4.79 Å². The third kappa shape index (κ3) is 3.88. The molecule has 0 aliphatic carbocycles. The average molecular weight is 304 g/mol. The Hall–Kier alpha value is -2.23. The largest absolute Gasteiger partial charge is 0.384 e. The lowest BCUT2D eigenvalue weighted by Gasteiger charge is -2.06. The predicted octanol–water partition coefficient (Wildman–Crippen LogP) is 1.86. The van der Waals surface area contributed by atoms with E-state index in [4.69, 9.17) is 5.11 Å². The van der Waals surface area contributed by atoms with E-state index in [2.05, 4.69) is 22.1 Å². The molecule has 108 valence electrons. The minimum Gasteiger partial charge on any atom is -0.384 e. The average Bonchev–Trinajstić information content (AvgIpc) is 2.88. The van der Waals surface area contributed by atoms with Gasteiger partial charge in [0.15, 0.2) is 0 Å². The summed E-state index contributed by atoms with van der Waals surface area (Å²) in [6.07, 6.45) is 0. The van der Waals surface area contributed by atoms with Crippen molar-refractivity contribution >= 4 is 17.2 Å². The van der Waals surface area contributed by atoms with Crippen LogP contribution in [0.3, 0.4) is 0 Å². The zero-order valence-corrected chi connectivity index (χ0v) is 12.1. The van der Waals surface area contributed by atoms with E-state index in [1.165, 1.54) is 23.5 Å². The van der Waals surface area contributed by atoms with Gasteiger partial charge >= 0.3 is 0 Å². The highest BCUT2D eigenvalue weighted by molar-refractivity contribution is 7.09. The lowest BCUT2D eigenvalue weighted by molar-refractivity contribution is 0.0950. The van der Waals surface area contributed by atoms with Crippen molar-refractivity contribution in [1.82, 2.24) is 10.3 Å². The van der Waals surface area contributed by atoms with Crippen LogP contribution < -0.4 is 5.32 Å². The molecule has 0 unspecified atom stereocenters. The first-order valence-corrected chi connectivity index (χ1v) is 7.06. The smallest absolute Gasteiger partial charge is 0.252 e. The van der Waals surface area contributed by atoms with Gasteiger partial charge in [0.05, 0.1) is 23.3 Å². The number of aryl methyl sites for hydroxylation is 1. The van der Waals surface area contributed by atoms with Crippen LogP contribution in [0.2, 0.25) is 0 Å². The molecule has 0 saturated carbocycles. The van der Waals surface area contributed by atoms with Gasteiger partial charge in [0.25, 0.3) is 5.91 Å². The van der Waals surface area contributed by atoms with Crippen molar-refractivity contribution in [3.63, 3.8) is 0 Å². The van der Waals surface area contributed by atoms with Crippen LogP contribution in [0.4, 0.5) is 4.39 Å². The molecule has 0 aliphatic rings. The van der Waals surface area contributed by atoms with Crippen LogP contribution >= 0.6 is 11.3 Å². The maximum Gasteiger partial charge on any atom is 0.252 e. The molecule has 1 heterocycles. The zero-order valence-electron chi connectivity index (χ0n) is 11.3. The molecule has 0 fully saturated rings. The molecule has 0 aliphatic heterocycles. The fourth-order valence-electron chi connectivity index (χ4n) is 1.70. The number of carbonyl (C=O) groups excluding carboxylic acids is 1. The predicted molar refractivity (Wildman–Crippen MR) is 78.4 cm³/mol. The van der Waals surface area contributed by atoms with Gasteiger partial charge in [-0.25, -0.2) is 9.37 Å². The quantitative estimate of drug-likeness (QED) is 0.851. The molecule has 4 nitrogen and oxygen atoms in total. The molecule has 0 radical (unpaired) electrons. The van der Waals surface area contributed by atoms with Gasteiger partial charge in [0.1, 0.15) is 12.4 Å². The third-order valence-electron chi connectivity index (χ3n) is 2.78. The Balaban J connectivity index is 2.18. The third-order valence-corrected chi connectivity index (χ3v) is 3.72. The molecule has 21 heavy (non-hydrogen) atoms. The first kappa shape index (κ1) is 15.2. The van der Waals surface area contributed by atoms with Gasteiger partial charge in [0.2, 0.25) is 0 Å². The van der Waals surface area contributed by atoms with Gasteiger partial charge in [0, 0.05) is 10.4 Å². The Kier molecular flexibility index (Phi) is 5.04. The molecule has 2 aromatic rings. The van der Waals surface area contributed by atoms with Crippen molar-refractivity contribution < 1.29 is 14.3 Å². The highest BCUT2D eigenvalue weighted by Crippen LogP contribution is 2.13. The van der Waals surface area contributed by atoms with E-state index in [0.717, 1.165) is 16.6 Å². The second kappa shape index (κ2) is 6.97. The summed E-state index contributed by atoms with van der Waals surface area (Å²) in [6, 6.07) is 3.78. The van der Waals surface area contributed by atoms with Gasteiger partial charge < -0.3 is 10.4 Å². The number of nitrogens with zero attached hydrogens (tertiary/aromatic N) is 1. The lowest BCUT2D eigenvalue weighted by atomic mass is 10.1. The summed E-state index contributed by atoms with van der Waals surface area (Å²) in [7, 11) is 0. The topological polar surface area (TPSA) is 62.2 Å². The number of aliphatic hydroxyl groups excluding tert-OH is 1. The number of hydrogen-bond acceptors (Lipinski definition) is 4. The van der Waals surface area contributed by atoms with E-state index < -0.39 is 11.7 Å². The van der Waals surface area contributed by atoms with Crippen LogP contribution in [0, 0.1) is 24.6 Å². The Morgan fingerprint density at radius 2 is 2.33 bits per heavy atom. The maximum absolute atomic E-state index is 13.3. The minimum atomic E-state index is -0.510. The summed E-state index contributed by atoms with van der Waals surface area (Å²) in [5, 5.41) is 11.4. The number of thiazole rings is 1. The van der Waals surface area contributed by atoms with E-state index in [9.17, 15) is 9.18 Å². The summed E-state index contributed by atoms with van der Waals surface area (Å²) in [5.74, 6) is 4.17. The summed E-state index contributed by atoms with van der Waals surface area (Å²) in [6.45, 7) is 1.87.